The SMILES string of the molecule is CCC/C=C/C=C/C=C/C(=O)O[C@@H]1[C@@H](C)[C@@]2(O)[C@H]([C@@H]3C(C)(C)[C@]13OC(C)=O)[C@@H]1O[C@]1(CO)[C@@H](O)[C@]1(O)C(=O)C(C)=C[C@H]12. The van der Waals surface area contributed by atoms with Crippen molar-refractivity contribution in [3.63, 3.8) is 0 Å². The number of carbonyl (C=O) groups excluding carboxylic acids is 3. The number of ketones is 1. The Morgan fingerprint density at radius 1 is 1.14 bits per heavy atom. The molecule has 11 atom stereocenters. The third-order valence-electron chi connectivity index (χ3n) is 10.7. The molecule has 0 amide bonds. The molecule has 0 unspecified atom stereocenters. The summed E-state index contributed by atoms with van der Waals surface area (Å²) < 4.78 is 17.9. The predicted octanol–water partition coefficient (Wildman–Crippen LogP) is 1.70. The van der Waals surface area contributed by atoms with Crippen LogP contribution in [0.25, 0.3) is 0 Å². The maximum absolute atomic E-state index is 13.4. The Balaban J connectivity index is 1.59. The molecule has 0 aromatic heterocycles. The molecule has 10 nitrogen and oxygen atoms in total. The molecule has 4 fully saturated rings. The molecular formula is C32H42O10. The zero-order chi connectivity index (χ0) is 31.0. The monoisotopic (exact) mass is 586 g/mol. The third-order valence-corrected chi connectivity index (χ3v) is 10.7. The molecule has 5 aliphatic rings. The number of aliphatic hydroxyl groups is 4. The van der Waals surface area contributed by atoms with E-state index in [9.17, 15) is 34.8 Å². The van der Waals surface area contributed by atoms with Gasteiger partial charge in [0.1, 0.15) is 17.8 Å². The fourth-order valence-corrected chi connectivity index (χ4v) is 8.67. The number of ether oxygens (including phenoxy) is 3. The van der Waals surface area contributed by atoms with Crippen molar-refractivity contribution in [2.24, 2.45) is 29.1 Å². The minimum absolute atomic E-state index is 0.149. The normalized spacial score (nSPS) is 46.5. The van der Waals surface area contributed by atoms with Gasteiger partial charge >= 0.3 is 11.9 Å². The highest BCUT2D eigenvalue weighted by atomic mass is 16.6. The van der Waals surface area contributed by atoms with Crippen molar-refractivity contribution in [1.82, 2.24) is 0 Å². The first-order valence-electron chi connectivity index (χ1n) is 14.7. The van der Waals surface area contributed by atoms with Gasteiger partial charge in [-0.2, -0.15) is 0 Å². The van der Waals surface area contributed by atoms with Gasteiger partial charge in [0.15, 0.2) is 17.0 Å². The molecule has 1 aliphatic heterocycles. The van der Waals surface area contributed by atoms with Gasteiger partial charge in [0.05, 0.1) is 18.3 Å². The van der Waals surface area contributed by atoms with Gasteiger partial charge in [-0.3, -0.25) is 9.59 Å². The highest BCUT2D eigenvalue weighted by molar-refractivity contribution is 6.05. The zero-order valence-electron chi connectivity index (χ0n) is 24.9. The van der Waals surface area contributed by atoms with Crippen LogP contribution in [0.1, 0.15) is 54.4 Å². The van der Waals surface area contributed by atoms with Crippen molar-refractivity contribution < 1.29 is 49.0 Å². The van der Waals surface area contributed by atoms with E-state index in [1.165, 1.54) is 32.1 Å². The van der Waals surface area contributed by atoms with Gasteiger partial charge in [-0.1, -0.05) is 70.6 Å². The number of esters is 2. The van der Waals surface area contributed by atoms with Crippen molar-refractivity contribution in [2.75, 3.05) is 6.61 Å². The van der Waals surface area contributed by atoms with Crippen LogP contribution in [0.4, 0.5) is 0 Å². The van der Waals surface area contributed by atoms with Crippen LogP contribution in [0.15, 0.2) is 48.1 Å². The molecule has 42 heavy (non-hydrogen) atoms. The summed E-state index contributed by atoms with van der Waals surface area (Å²) >= 11 is 0. The lowest BCUT2D eigenvalue weighted by molar-refractivity contribution is -0.243. The summed E-state index contributed by atoms with van der Waals surface area (Å²) in [7, 11) is 0. The predicted molar refractivity (Wildman–Crippen MR) is 149 cm³/mol. The molecular weight excluding hydrogens is 544 g/mol. The summed E-state index contributed by atoms with van der Waals surface area (Å²) in [5.41, 5.74) is -8.26. The Labute approximate surface area is 245 Å². The highest BCUT2D eigenvalue weighted by Crippen LogP contribution is 2.79. The summed E-state index contributed by atoms with van der Waals surface area (Å²) in [4.78, 5) is 39.1. The fourth-order valence-electron chi connectivity index (χ4n) is 8.67. The topological polar surface area (TPSA) is 163 Å². The van der Waals surface area contributed by atoms with Gasteiger partial charge in [-0.15, -0.1) is 0 Å². The van der Waals surface area contributed by atoms with E-state index in [-0.39, 0.29) is 5.57 Å². The summed E-state index contributed by atoms with van der Waals surface area (Å²) in [5.74, 6) is -6.00. The quantitative estimate of drug-likeness (QED) is 0.142. The Bertz CT molecular complexity index is 1300. The number of Topliss-reactive ketones (excluding diaryl/α,β-unsaturated/α-hetero) is 1. The molecule has 1 saturated heterocycles. The summed E-state index contributed by atoms with van der Waals surface area (Å²) in [6.45, 7) is 9.39. The molecule has 3 saturated carbocycles. The van der Waals surface area contributed by atoms with Crippen LogP contribution in [0.2, 0.25) is 0 Å². The molecule has 4 N–H and O–H groups in total. The molecule has 4 aliphatic carbocycles. The van der Waals surface area contributed by atoms with E-state index < -0.39 is 94.1 Å². The minimum atomic E-state index is -2.50. The van der Waals surface area contributed by atoms with Crippen LogP contribution in [0.5, 0.6) is 0 Å². The summed E-state index contributed by atoms with van der Waals surface area (Å²) in [6, 6.07) is 0. The van der Waals surface area contributed by atoms with E-state index in [4.69, 9.17) is 14.2 Å². The number of carbonyl (C=O) groups is 3. The molecule has 230 valence electrons. The lowest BCUT2D eigenvalue weighted by Gasteiger charge is -2.53. The molecule has 5 rings (SSSR count). The van der Waals surface area contributed by atoms with E-state index in [1.54, 1.807) is 19.1 Å². The zero-order valence-corrected chi connectivity index (χ0v) is 24.9. The summed E-state index contributed by atoms with van der Waals surface area (Å²) in [5, 5.41) is 46.6. The maximum Gasteiger partial charge on any atom is 0.331 e. The number of hydrogen-bond acceptors (Lipinski definition) is 10. The highest BCUT2D eigenvalue weighted by Gasteiger charge is 2.93. The lowest BCUT2D eigenvalue weighted by atomic mass is 9.58. The number of unbranched alkanes of at least 4 members (excludes halogenated alkanes) is 1. The molecule has 1 heterocycles. The van der Waals surface area contributed by atoms with Crippen molar-refractivity contribution in [2.45, 2.75) is 95.1 Å². The number of aliphatic hydroxyl groups excluding tert-OH is 2. The van der Waals surface area contributed by atoms with Gasteiger partial charge in [0.2, 0.25) is 0 Å². The molecule has 0 aromatic rings. The van der Waals surface area contributed by atoms with Crippen molar-refractivity contribution in [3.05, 3.63) is 48.1 Å². The maximum atomic E-state index is 13.4. The van der Waals surface area contributed by atoms with Crippen LogP contribution in [0, 0.1) is 29.1 Å². The second-order valence-corrected chi connectivity index (χ2v) is 13.1. The van der Waals surface area contributed by atoms with Crippen molar-refractivity contribution >= 4 is 17.7 Å². The molecule has 0 radical (unpaired) electrons. The van der Waals surface area contributed by atoms with Crippen molar-refractivity contribution in [3.8, 4) is 0 Å². The molecule has 0 aromatic carbocycles. The van der Waals surface area contributed by atoms with E-state index >= 15 is 0 Å². The third kappa shape index (κ3) is 3.78. The Morgan fingerprint density at radius 2 is 1.81 bits per heavy atom. The van der Waals surface area contributed by atoms with Gasteiger partial charge < -0.3 is 34.6 Å². The number of fused-ring (bicyclic) bond motifs is 7. The minimum Gasteiger partial charge on any atom is -0.455 e. The Hall–Kier alpha value is -2.63. The first kappa shape index (κ1) is 30.8. The van der Waals surface area contributed by atoms with Gasteiger partial charge in [-0.05, 0) is 18.9 Å². The van der Waals surface area contributed by atoms with Crippen LogP contribution >= 0.6 is 0 Å². The number of epoxide rings is 1. The standard InChI is InChI=1S/C32H42O10/c1-7-8-9-10-11-12-13-14-21(35)40-25-18(3)30(38)20-15-17(2)24(36)31(20,39)27(37)29(16-33)26(42-29)22(30)23-28(5,6)32(23,25)41-19(4)34/h9-15,18,20,22-23,25-27,33,37-39H,7-8,16H2,1-6H3/b10-9+,12-11+,14-13+/t18-,20+,22-,23-,25-,26+,27-,29+,30+,31-,32-/m1/s1. The largest absolute Gasteiger partial charge is 0.455 e. The van der Waals surface area contributed by atoms with E-state index in [0.29, 0.717) is 0 Å². The molecule has 10 heteroatoms. The van der Waals surface area contributed by atoms with Gasteiger partial charge in [-0.25, -0.2) is 4.79 Å². The van der Waals surface area contributed by atoms with Crippen LogP contribution in [-0.4, -0.2) is 85.5 Å². The lowest BCUT2D eigenvalue weighted by Crippen LogP contribution is -2.69. The second-order valence-electron chi connectivity index (χ2n) is 13.1. The average molecular weight is 587 g/mol. The van der Waals surface area contributed by atoms with Crippen LogP contribution < -0.4 is 0 Å². The first-order chi connectivity index (χ1) is 19.6. The fraction of sp³-hybridized carbons (Fsp3) is 0.656. The van der Waals surface area contributed by atoms with E-state index in [2.05, 4.69) is 6.92 Å². The Morgan fingerprint density at radius 3 is 2.43 bits per heavy atom. The van der Waals surface area contributed by atoms with Gasteiger partial charge in [0.25, 0.3) is 0 Å². The first-order valence-corrected chi connectivity index (χ1v) is 14.7. The van der Waals surface area contributed by atoms with Crippen molar-refractivity contribution in [1.29, 1.82) is 0 Å². The number of rotatable bonds is 8. The number of hydrogen-bond donors (Lipinski definition) is 4. The van der Waals surface area contributed by atoms with Crippen LogP contribution in [0.3, 0.4) is 0 Å². The average Bonchev–Trinajstić information content (AvgIpc) is 3.75. The van der Waals surface area contributed by atoms with Crippen LogP contribution in [-0.2, 0) is 28.6 Å². The number of allylic oxidation sites excluding steroid dienone is 5. The second kappa shape index (κ2) is 9.95. The van der Waals surface area contributed by atoms with E-state index in [0.717, 1.165) is 12.8 Å². The van der Waals surface area contributed by atoms with E-state index in [1.807, 2.05) is 26.0 Å². The molecule has 0 bridgehead atoms. The molecule has 0 spiro atoms. The van der Waals surface area contributed by atoms with Gasteiger partial charge in [0, 0.05) is 42.1 Å². The Kier molecular flexibility index (Phi) is 7.30. The smallest absolute Gasteiger partial charge is 0.331 e. The summed E-state index contributed by atoms with van der Waals surface area (Å²) in [6.07, 6.45) is 9.51.